The first kappa shape index (κ1) is 31.0. The predicted molar refractivity (Wildman–Crippen MR) is 142 cm³/mol. The molecule has 198 valence electrons. The van der Waals surface area contributed by atoms with Crippen LogP contribution in [0.15, 0.2) is 11.6 Å². The van der Waals surface area contributed by atoms with Crippen molar-refractivity contribution in [2.45, 2.75) is 134 Å². The van der Waals surface area contributed by atoms with Crippen molar-refractivity contribution in [2.24, 2.45) is 5.41 Å². The monoisotopic (exact) mass is 498 g/mol. The smallest absolute Gasteiger partial charge is 0.306 e. The fraction of sp³-hybridized carbons (Fsp3) is 0.857. The molecule has 0 bridgehead atoms. The van der Waals surface area contributed by atoms with Crippen LogP contribution in [0.25, 0.3) is 0 Å². The number of aliphatic hydroxyl groups excluding tert-OH is 1. The molecular formula is C28H50O5S. The number of allylic oxidation sites excluding steroid dienone is 1. The first-order valence-corrected chi connectivity index (χ1v) is 14.7. The minimum absolute atomic E-state index is 0.0743. The predicted octanol–water partition coefficient (Wildman–Crippen LogP) is 7.30. The van der Waals surface area contributed by atoms with E-state index < -0.39 is 17.5 Å². The van der Waals surface area contributed by atoms with E-state index in [2.05, 4.69) is 13.0 Å². The summed E-state index contributed by atoms with van der Waals surface area (Å²) in [5.74, 6) is -0.460. The van der Waals surface area contributed by atoms with E-state index in [4.69, 9.17) is 9.84 Å². The maximum Gasteiger partial charge on any atom is 0.306 e. The normalized spacial score (nSPS) is 23.8. The van der Waals surface area contributed by atoms with Crippen LogP contribution >= 0.6 is 11.8 Å². The Hall–Kier alpha value is -1.01. The van der Waals surface area contributed by atoms with Crippen molar-refractivity contribution in [3.8, 4) is 0 Å². The summed E-state index contributed by atoms with van der Waals surface area (Å²) in [6.07, 6.45) is 19.9. The van der Waals surface area contributed by atoms with Crippen molar-refractivity contribution >= 4 is 23.7 Å². The van der Waals surface area contributed by atoms with E-state index in [0.29, 0.717) is 18.6 Å². The molecule has 1 rings (SSSR count). The van der Waals surface area contributed by atoms with Crippen LogP contribution in [-0.2, 0) is 14.3 Å². The molecule has 0 unspecified atom stereocenters. The van der Waals surface area contributed by atoms with Gasteiger partial charge in [0.15, 0.2) is 0 Å². The first-order chi connectivity index (χ1) is 16.3. The Morgan fingerprint density at radius 2 is 1.62 bits per heavy atom. The highest BCUT2D eigenvalue weighted by atomic mass is 32.2. The average Bonchev–Trinajstić information content (AvgIpc) is 2.82. The number of carbonyl (C=O) groups is 2. The second-order valence-electron chi connectivity index (χ2n) is 10.2. The van der Waals surface area contributed by atoms with Gasteiger partial charge in [-0.2, -0.15) is 11.8 Å². The lowest BCUT2D eigenvalue weighted by Crippen LogP contribution is -2.45. The fourth-order valence-corrected chi connectivity index (χ4v) is 6.31. The summed E-state index contributed by atoms with van der Waals surface area (Å²) >= 11 is 1.61. The molecule has 0 radical (unpaired) electrons. The summed E-state index contributed by atoms with van der Waals surface area (Å²) < 4.78 is 4.75. The Morgan fingerprint density at radius 3 is 2.18 bits per heavy atom. The molecule has 6 heteroatoms. The summed E-state index contributed by atoms with van der Waals surface area (Å²) in [5.41, 5.74) is 0.858. The number of ether oxygens (including phenoxy) is 1. The second-order valence-corrected chi connectivity index (χ2v) is 11.5. The van der Waals surface area contributed by atoms with Crippen molar-refractivity contribution in [3.05, 3.63) is 11.6 Å². The standard InChI is InChI=1S/C28H50O5S/c1-4-5-6-7-8-9-10-11-12-13-14-15-16-23-17-20-28(2,21-18-24(29)30)27(32)26(23)34-22-19-25(31)33-3/h16,26-27,32H,4-15,17-22H2,1-3H3,(H,29,30)/t26-,27+,28+/m1/s1. The summed E-state index contributed by atoms with van der Waals surface area (Å²) in [4.78, 5) is 22.6. The number of aliphatic carboxylic acids is 1. The van der Waals surface area contributed by atoms with Gasteiger partial charge >= 0.3 is 11.9 Å². The van der Waals surface area contributed by atoms with Gasteiger partial charge in [0, 0.05) is 12.2 Å². The molecule has 0 aliphatic heterocycles. The van der Waals surface area contributed by atoms with Crippen LogP contribution in [-0.4, -0.2) is 46.4 Å². The van der Waals surface area contributed by atoms with Gasteiger partial charge in [0.25, 0.3) is 0 Å². The van der Waals surface area contributed by atoms with Crippen LogP contribution in [0.1, 0.15) is 123 Å². The number of hydrogen-bond acceptors (Lipinski definition) is 5. The lowest BCUT2D eigenvalue weighted by Gasteiger charge is -2.44. The zero-order chi connectivity index (χ0) is 25.2. The number of methoxy groups -OCH3 is 1. The molecule has 0 amide bonds. The van der Waals surface area contributed by atoms with Crippen LogP contribution in [0, 0.1) is 5.41 Å². The summed E-state index contributed by atoms with van der Waals surface area (Å²) in [6.45, 7) is 4.27. The molecule has 34 heavy (non-hydrogen) atoms. The van der Waals surface area contributed by atoms with E-state index in [0.717, 1.165) is 19.3 Å². The molecule has 1 aliphatic carbocycles. The number of unbranched alkanes of at least 4 members (excludes halogenated alkanes) is 11. The molecule has 1 aliphatic rings. The van der Waals surface area contributed by atoms with Gasteiger partial charge in [0.1, 0.15) is 0 Å². The van der Waals surface area contributed by atoms with Gasteiger partial charge in [-0.25, -0.2) is 0 Å². The van der Waals surface area contributed by atoms with Gasteiger partial charge in [-0.15, -0.1) is 0 Å². The van der Waals surface area contributed by atoms with Crippen LogP contribution in [0.2, 0.25) is 0 Å². The first-order valence-electron chi connectivity index (χ1n) is 13.6. The summed E-state index contributed by atoms with van der Waals surface area (Å²) in [5, 5.41) is 20.3. The quantitative estimate of drug-likeness (QED) is 0.110. The number of carboxylic acid groups (broad SMARTS) is 1. The average molecular weight is 499 g/mol. The molecule has 1 fully saturated rings. The Morgan fingerprint density at radius 1 is 1.03 bits per heavy atom. The molecule has 2 N–H and O–H groups in total. The van der Waals surface area contributed by atoms with Crippen molar-refractivity contribution in [2.75, 3.05) is 12.9 Å². The number of carboxylic acids is 1. The molecule has 3 atom stereocenters. The topological polar surface area (TPSA) is 83.8 Å². The minimum Gasteiger partial charge on any atom is -0.481 e. The number of carbonyl (C=O) groups excluding carboxylic acids is 1. The zero-order valence-electron chi connectivity index (χ0n) is 22.0. The number of thioether (sulfide) groups is 1. The number of aliphatic hydroxyl groups is 1. The zero-order valence-corrected chi connectivity index (χ0v) is 22.8. The third kappa shape index (κ3) is 12.6. The van der Waals surface area contributed by atoms with Crippen LogP contribution in [0.4, 0.5) is 0 Å². The fourth-order valence-electron chi connectivity index (χ4n) is 4.84. The van der Waals surface area contributed by atoms with Crippen LogP contribution in [0.5, 0.6) is 0 Å². The maximum atomic E-state index is 11.5. The Balaban J connectivity index is 2.46. The van der Waals surface area contributed by atoms with Gasteiger partial charge in [-0.05, 0) is 37.5 Å². The molecule has 1 saturated carbocycles. The van der Waals surface area contributed by atoms with Gasteiger partial charge in [0.05, 0.1) is 24.9 Å². The van der Waals surface area contributed by atoms with Crippen LogP contribution < -0.4 is 0 Å². The third-order valence-corrected chi connectivity index (χ3v) is 8.67. The molecule has 0 aromatic heterocycles. The number of hydrogen-bond donors (Lipinski definition) is 2. The number of rotatable bonds is 19. The molecular weight excluding hydrogens is 448 g/mol. The van der Waals surface area contributed by atoms with Crippen molar-refractivity contribution in [1.82, 2.24) is 0 Å². The lowest BCUT2D eigenvalue weighted by molar-refractivity contribution is -0.140. The lowest BCUT2D eigenvalue weighted by atomic mass is 9.68. The van der Waals surface area contributed by atoms with E-state index in [-0.39, 0.29) is 17.6 Å². The SMILES string of the molecule is CCCCCCCCCCCCCC=C1CC[C@@](C)(CCC(=O)O)[C@@H](O)[C@@H]1SCCC(=O)OC. The van der Waals surface area contributed by atoms with Gasteiger partial charge < -0.3 is 14.9 Å². The summed E-state index contributed by atoms with van der Waals surface area (Å²) in [6, 6.07) is 0. The Labute approximate surface area is 212 Å². The molecule has 0 saturated heterocycles. The largest absolute Gasteiger partial charge is 0.481 e. The van der Waals surface area contributed by atoms with Gasteiger partial charge in [-0.3, -0.25) is 9.59 Å². The van der Waals surface area contributed by atoms with Gasteiger partial charge in [-0.1, -0.05) is 89.7 Å². The molecule has 0 aromatic carbocycles. The van der Waals surface area contributed by atoms with Crippen molar-refractivity contribution < 1.29 is 24.5 Å². The highest BCUT2D eigenvalue weighted by Gasteiger charge is 2.43. The third-order valence-electron chi connectivity index (χ3n) is 7.31. The van der Waals surface area contributed by atoms with Crippen molar-refractivity contribution in [1.29, 1.82) is 0 Å². The maximum absolute atomic E-state index is 11.5. The van der Waals surface area contributed by atoms with E-state index in [1.165, 1.54) is 83.3 Å². The molecule has 0 spiro atoms. The van der Waals surface area contributed by atoms with E-state index in [1.54, 1.807) is 11.8 Å². The minimum atomic E-state index is -0.818. The molecule has 0 heterocycles. The second kappa shape index (κ2) is 18.3. The highest BCUT2D eigenvalue weighted by Crippen LogP contribution is 2.46. The van der Waals surface area contributed by atoms with E-state index in [1.807, 2.05) is 6.92 Å². The van der Waals surface area contributed by atoms with Crippen LogP contribution in [0.3, 0.4) is 0 Å². The Kier molecular flexibility index (Phi) is 16.7. The van der Waals surface area contributed by atoms with E-state index >= 15 is 0 Å². The highest BCUT2D eigenvalue weighted by molar-refractivity contribution is 8.00. The molecule has 0 aromatic rings. The number of esters is 1. The Bertz CT molecular complexity index is 606. The van der Waals surface area contributed by atoms with E-state index in [9.17, 15) is 14.7 Å². The van der Waals surface area contributed by atoms with Gasteiger partial charge in [0.2, 0.25) is 0 Å². The molecule has 5 nitrogen and oxygen atoms in total. The van der Waals surface area contributed by atoms with Crippen molar-refractivity contribution in [3.63, 3.8) is 0 Å². The summed E-state index contributed by atoms with van der Waals surface area (Å²) in [7, 11) is 1.39.